The topological polar surface area (TPSA) is 50.7 Å². The van der Waals surface area contributed by atoms with E-state index in [-0.39, 0.29) is 5.82 Å². The Morgan fingerprint density at radius 3 is 2.67 bits per heavy atom. The number of aromatic nitrogens is 3. The van der Waals surface area contributed by atoms with E-state index < -0.39 is 0 Å². The molecular formula is C16H15FN4. The number of benzene rings is 2. The van der Waals surface area contributed by atoms with E-state index in [1.54, 1.807) is 6.07 Å². The van der Waals surface area contributed by atoms with Gasteiger partial charge in [0, 0.05) is 6.54 Å². The van der Waals surface area contributed by atoms with Gasteiger partial charge in [0.25, 0.3) is 0 Å². The van der Waals surface area contributed by atoms with E-state index in [4.69, 9.17) is 0 Å². The van der Waals surface area contributed by atoms with Crippen LogP contribution in [0.1, 0.15) is 11.1 Å². The molecule has 0 atom stereocenters. The third-order valence-corrected chi connectivity index (χ3v) is 3.34. The highest BCUT2D eigenvalue weighted by Crippen LogP contribution is 2.12. The first-order valence-electron chi connectivity index (χ1n) is 6.81. The lowest BCUT2D eigenvalue weighted by atomic mass is 10.1. The summed E-state index contributed by atoms with van der Waals surface area (Å²) in [7, 11) is 0. The Bertz CT molecular complexity index is 773. The lowest BCUT2D eigenvalue weighted by Gasteiger charge is -2.07. The lowest BCUT2D eigenvalue weighted by Crippen LogP contribution is -2.09. The lowest BCUT2D eigenvalue weighted by molar-refractivity contribution is 0.625. The minimum absolute atomic E-state index is 0.203. The number of fused-ring (bicyclic) bond motifs is 1. The van der Waals surface area contributed by atoms with E-state index >= 15 is 0 Å². The van der Waals surface area contributed by atoms with Gasteiger partial charge in [-0.3, -0.25) is 0 Å². The molecule has 1 N–H and O–H groups in total. The van der Waals surface area contributed by atoms with Crippen molar-refractivity contribution in [1.29, 1.82) is 0 Å². The number of hydrogen-bond acceptors (Lipinski definition) is 4. The normalized spacial score (nSPS) is 10.8. The molecule has 1 heterocycles. The zero-order valence-electron chi connectivity index (χ0n) is 11.7. The first kappa shape index (κ1) is 13.4. The Kier molecular flexibility index (Phi) is 3.73. The molecule has 0 unspecified atom stereocenters. The quantitative estimate of drug-likeness (QED) is 0.798. The zero-order chi connectivity index (χ0) is 14.7. The van der Waals surface area contributed by atoms with E-state index in [2.05, 4.69) is 20.5 Å². The summed E-state index contributed by atoms with van der Waals surface area (Å²) in [6, 6.07) is 12.4. The number of aryl methyl sites for hydroxylation is 1. The Labute approximate surface area is 122 Å². The molecule has 0 bridgehead atoms. The van der Waals surface area contributed by atoms with Gasteiger partial charge in [-0.05, 0) is 48.7 Å². The second-order valence-electron chi connectivity index (χ2n) is 4.87. The number of para-hydroxylation sites is 1. The molecule has 0 aliphatic heterocycles. The molecule has 2 aromatic carbocycles. The summed E-state index contributed by atoms with van der Waals surface area (Å²) in [6.07, 6.45) is 0.780. The van der Waals surface area contributed by atoms with Crippen LogP contribution in [-0.4, -0.2) is 21.7 Å². The fourth-order valence-electron chi connectivity index (χ4n) is 2.20. The van der Waals surface area contributed by atoms with Crippen LogP contribution in [0.25, 0.3) is 11.0 Å². The maximum Gasteiger partial charge on any atom is 0.243 e. The fourth-order valence-corrected chi connectivity index (χ4v) is 2.20. The maximum absolute atomic E-state index is 13.0. The van der Waals surface area contributed by atoms with Gasteiger partial charge >= 0.3 is 0 Å². The van der Waals surface area contributed by atoms with Crippen molar-refractivity contribution in [2.75, 3.05) is 11.9 Å². The van der Waals surface area contributed by atoms with Crippen molar-refractivity contribution in [2.24, 2.45) is 0 Å². The predicted octanol–water partition coefficient (Wildman–Crippen LogP) is 3.13. The van der Waals surface area contributed by atoms with Gasteiger partial charge in [0.15, 0.2) is 0 Å². The highest BCUT2D eigenvalue weighted by molar-refractivity contribution is 5.73. The van der Waals surface area contributed by atoms with Gasteiger partial charge in [-0.2, -0.15) is 0 Å². The van der Waals surface area contributed by atoms with E-state index in [1.165, 1.54) is 6.07 Å². The molecule has 0 spiro atoms. The zero-order valence-corrected chi connectivity index (χ0v) is 11.7. The highest BCUT2D eigenvalue weighted by Gasteiger charge is 2.02. The van der Waals surface area contributed by atoms with Crippen molar-refractivity contribution in [3.05, 3.63) is 59.4 Å². The Balaban J connectivity index is 1.66. The number of anilines is 1. The van der Waals surface area contributed by atoms with Crippen LogP contribution in [0.15, 0.2) is 42.5 Å². The molecule has 0 amide bonds. The van der Waals surface area contributed by atoms with Crippen molar-refractivity contribution in [1.82, 2.24) is 15.2 Å². The summed E-state index contributed by atoms with van der Waals surface area (Å²) < 4.78 is 13.0. The molecule has 4 nitrogen and oxygen atoms in total. The van der Waals surface area contributed by atoms with Crippen LogP contribution in [0.5, 0.6) is 0 Å². The van der Waals surface area contributed by atoms with Gasteiger partial charge in [-0.15, -0.1) is 10.2 Å². The molecule has 21 heavy (non-hydrogen) atoms. The van der Waals surface area contributed by atoms with E-state index in [0.717, 1.165) is 28.6 Å². The number of rotatable bonds is 4. The van der Waals surface area contributed by atoms with Crippen molar-refractivity contribution < 1.29 is 4.39 Å². The molecule has 106 valence electrons. The molecule has 0 aliphatic rings. The Hall–Kier alpha value is -2.56. The van der Waals surface area contributed by atoms with Gasteiger partial charge in [-0.25, -0.2) is 9.37 Å². The van der Waals surface area contributed by atoms with E-state index in [0.29, 0.717) is 12.5 Å². The average molecular weight is 282 g/mol. The van der Waals surface area contributed by atoms with Crippen LogP contribution in [0, 0.1) is 12.7 Å². The van der Waals surface area contributed by atoms with Crippen molar-refractivity contribution >= 4 is 17.0 Å². The van der Waals surface area contributed by atoms with Gasteiger partial charge < -0.3 is 5.32 Å². The number of nitrogens with zero attached hydrogens (tertiary/aromatic N) is 3. The Morgan fingerprint density at radius 2 is 1.86 bits per heavy atom. The number of halogens is 1. The largest absolute Gasteiger partial charge is 0.353 e. The minimum Gasteiger partial charge on any atom is -0.353 e. The van der Waals surface area contributed by atoms with Gasteiger partial charge in [0.2, 0.25) is 5.95 Å². The molecule has 3 rings (SSSR count). The Morgan fingerprint density at radius 1 is 1.05 bits per heavy atom. The third-order valence-electron chi connectivity index (χ3n) is 3.34. The summed E-state index contributed by atoms with van der Waals surface area (Å²) in [5.74, 6) is 0.305. The van der Waals surface area contributed by atoms with Crippen LogP contribution in [0.4, 0.5) is 10.3 Å². The molecule has 5 heteroatoms. The summed E-state index contributed by atoms with van der Waals surface area (Å²) in [5, 5.41) is 11.3. The summed E-state index contributed by atoms with van der Waals surface area (Å²) in [5.41, 5.74) is 3.65. The van der Waals surface area contributed by atoms with Crippen molar-refractivity contribution in [3.8, 4) is 0 Å². The molecule has 0 fully saturated rings. The molecule has 0 radical (unpaired) electrons. The number of hydrogen-bond donors (Lipinski definition) is 1. The molecule has 1 aromatic heterocycles. The van der Waals surface area contributed by atoms with Crippen LogP contribution < -0.4 is 5.32 Å². The van der Waals surface area contributed by atoms with Crippen LogP contribution in [-0.2, 0) is 6.42 Å². The SMILES string of the molecule is Cc1cc(F)ccc1CCNc1nnc2ccccc2n1. The van der Waals surface area contributed by atoms with Crippen molar-refractivity contribution in [3.63, 3.8) is 0 Å². The van der Waals surface area contributed by atoms with Gasteiger partial charge in [0.1, 0.15) is 11.3 Å². The second kappa shape index (κ2) is 5.83. The molecule has 3 aromatic rings. The van der Waals surface area contributed by atoms with Gasteiger partial charge in [0.05, 0.1) is 5.52 Å². The third kappa shape index (κ3) is 3.13. The van der Waals surface area contributed by atoms with Gasteiger partial charge in [-0.1, -0.05) is 18.2 Å². The van der Waals surface area contributed by atoms with Crippen LogP contribution in [0.2, 0.25) is 0 Å². The summed E-state index contributed by atoms with van der Waals surface area (Å²) in [6.45, 7) is 2.58. The minimum atomic E-state index is -0.203. The van der Waals surface area contributed by atoms with Crippen LogP contribution >= 0.6 is 0 Å². The van der Waals surface area contributed by atoms with Crippen molar-refractivity contribution in [2.45, 2.75) is 13.3 Å². The average Bonchev–Trinajstić information content (AvgIpc) is 2.49. The molecular weight excluding hydrogens is 267 g/mol. The summed E-state index contributed by atoms with van der Waals surface area (Å²) in [4.78, 5) is 4.40. The molecule has 0 saturated heterocycles. The molecule has 0 saturated carbocycles. The predicted molar refractivity (Wildman–Crippen MR) is 80.7 cm³/mol. The maximum atomic E-state index is 13.0. The monoisotopic (exact) mass is 282 g/mol. The first-order valence-corrected chi connectivity index (χ1v) is 6.81. The highest BCUT2D eigenvalue weighted by atomic mass is 19.1. The molecule has 0 aliphatic carbocycles. The standard InChI is InChI=1S/C16H15FN4/c1-11-10-13(17)7-6-12(11)8-9-18-16-19-14-4-2-3-5-15(14)20-21-16/h2-7,10H,8-9H2,1H3,(H,18,19,21). The second-order valence-corrected chi connectivity index (χ2v) is 4.87. The summed E-state index contributed by atoms with van der Waals surface area (Å²) >= 11 is 0. The number of nitrogens with one attached hydrogen (secondary N) is 1. The van der Waals surface area contributed by atoms with Crippen LogP contribution in [0.3, 0.4) is 0 Å². The smallest absolute Gasteiger partial charge is 0.243 e. The van der Waals surface area contributed by atoms with E-state index in [1.807, 2.05) is 37.3 Å². The first-order chi connectivity index (χ1) is 10.2. The fraction of sp³-hybridized carbons (Fsp3) is 0.188. The van der Waals surface area contributed by atoms with E-state index in [9.17, 15) is 4.39 Å².